The van der Waals surface area contributed by atoms with Crippen LogP contribution in [-0.2, 0) is 4.79 Å². The van der Waals surface area contributed by atoms with E-state index < -0.39 is 41.7 Å². The number of nitrogens with one attached hydrogen (secondary N) is 3. The number of aliphatic imine (C=N–C) groups is 1. The number of amides is 3. The van der Waals surface area contributed by atoms with Gasteiger partial charge in [0.1, 0.15) is 17.4 Å². The van der Waals surface area contributed by atoms with Gasteiger partial charge in [-0.2, -0.15) is 0 Å². The van der Waals surface area contributed by atoms with E-state index in [1.54, 1.807) is 50.6 Å². The van der Waals surface area contributed by atoms with Gasteiger partial charge >= 0.3 is 12.0 Å². The summed E-state index contributed by atoms with van der Waals surface area (Å²) in [6.07, 6.45) is 3.63. The minimum absolute atomic E-state index is 0.0247. The smallest absolute Gasteiger partial charge is 0.343 e. The summed E-state index contributed by atoms with van der Waals surface area (Å²) in [5.74, 6) is -2.80. The Kier molecular flexibility index (Phi) is 10.2. The van der Waals surface area contributed by atoms with Gasteiger partial charge in [-0.05, 0) is 54.8 Å². The molecule has 3 aromatic rings. The SMILES string of the molecule is CCC(=O)c1ccc(F)c([C@@H]2CC2NC(=O)Nc2ccc(C=NC)cn2)c1OC(=O)c1cccc(NC(=O)C(N)C(C)C)c1. The van der Waals surface area contributed by atoms with Crippen molar-refractivity contribution in [3.8, 4) is 5.75 Å². The van der Waals surface area contributed by atoms with E-state index in [1.807, 2.05) is 13.8 Å². The number of ether oxygens (including phenoxy) is 1. The fraction of sp³-hybridized carbons (Fsp3) is 0.312. The first-order chi connectivity index (χ1) is 21.0. The van der Waals surface area contributed by atoms with Gasteiger partial charge in [0.05, 0.1) is 17.2 Å². The number of Topliss-reactive ketones (excluding diaryl/α,β-unsaturated/α-hetero) is 1. The lowest BCUT2D eigenvalue weighted by Crippen LogP contribution is -2.39. The third-order valence-electron chi connectivity index (χ3n) is 7.13. The second-order valence-corrected chi connectivity index (χ2v) is 10.8. The van der Waals surface area contributed by atoms with Gasteiger partial charge in [-0.25, -0.2) is 19.0 Å². The number of halogens is 1. The van der Waals surface area contributed by atoms with Gasteiger partial charge < -0.3 is 21.1 Å². The molecule has 2 aromatic carbocycles. The van der Waals surface area contributed by atoms with Crippen molar-refractivity contribution in [3.63, 3.8) is 0 Å². The quantitative estimate of drug-likeness (QED) is 0.107. The van der Waals surface area contributed by atoms with Crippen molar-refractivity contribution < 1.29 is 28.3 Å². The zero-order valence-corrected chi connectivity index (χ0v) is 24.9. The molecule has 11 nitrogen and oxygen atoms in total. The van der Waals surface area contributed by atoms with E-state index in [-0.39, 0.29) is 40.6 Å². The molecule has 1 aliphatic carbocycles. The predicted molar refractivity (Wildman–Crippen MR) is 165 cm³/mol. The summed E-state index contributed by atoms with van der Waals surface area (Å²) in [7, 11) is 1.64. The van der Waals surface area contributed by atoms with Crippen LogP contribution in [0.1, 0.15) is 71.4 Å². The van der Waals surface area contributed by atoms with E-state index in [9.17, 15) is 19.2 Å². The Labute approximate surface area is 254 Å². The topological polar surface area (TPSA) is 165 Å². The molecule has 44 heavy (non-hydrogen) atoms. The molecule has 230 valence electrons. The normalized spacial score (nSPS) is 16.3. The lowest BCUT2D eigenvalue weighted by molar-refractivity contribution is -0.118. The van der Waals surface area contributed by atoms with E-state index in [0.29, 0.717) is 17.9 Å². The summed E-state index contributed by atoms with van der Waals surface area (Å²) in [5.41, 5.74) is 7.16. The first-order valence-corrected chi connectivity index (χ1v) is 14.2. The van der Waals surface area contributed by atoms with Crippen LogP contribution in [0.3, 0.4) is 0 Å². The van der Waals surface area contributed by atoms with Crippen LogP contribution in [0.4, 0.5) is 20.7 Å². The van der Waals surface area contributed by atoms with E-state index in [2.05, 4.69) is 25.9 Å². The van der Waals surface area contributed by atoms with Gasteiger partial charge in [0.15, 0.2) is 5.78 Å². The molecule has 1 fully saturated rings. The molecule has 0 radical (unpaired) electrons. The van der Waals surface area contributed by atoms with Crippen LogP contribution in [0.15, 0.2) is 59.7 Å². The molecule has 1 aliphatic rings. The van der Waals surface area contributed by atoms with Crippen LogP contribution in [0, 0.1) is 11.7 Å². The van der Waals surface area contributed by atoms with Crippen molar-refractivity contribution in [2.45, 2.75) is 51.6 Å². The number of anilines is 2. The molecular formula is C32H35FN6O5. The molecule has 2 unspecified atom stereocenters. The maximum atomic E-state index is 15.3. The Balaban J connectivity index is 1.53. The number of carbonyl (C=O) groups is 4. The van der Waals surface area contributed by atoms with E-state index in [4.69, 9.17) is 10.5 Å². The largest absolute Gasteiger partial charge is 0.422 e. The average Bonchev–Trinajstić information content (AvgIpc) is 3.75. The number of carbonyl (C=O) groups excluding carboxylic acids is 4. The van der Waals surface area contributed by atoms with Crippen LogP contribution in [0.5, 0.6) is 5.75 Å². The van der Waals surface area contributed by atoms with Crippen LogP contribution in [0.2, 0.25) is 0 Å². The molecule has 0 aliphatic heterocycles. The van der Waals surface area contributed by atoms with Crippen molar-refractivity contribution in [2.75, 3.05) is 17.7 Å². The number of aromatic nitrogens is 1. The molecule has 1 saturated carbocycles. The Bertz CT molecular complexity index is 1590. The number of rotatable bonds is 11. The second-order valence-electron chi connectivity index (χ2n) is 10.8. The summed E-state index contributed by atoms with van der Waals surface area (Å²) >= 11 is 0. The molecule has 0 saturated heterocycles. The molecule has 5 N–H and O–H groups in total. The van der Waals surface area contributed by atoms with Crippen molar-refractivity contribution in [1.82, 2.24) is 10.3 Å². The summed E-state index contributed by atoms with van der Waals surface area (Å²) in [4.78, 5) is 59.2. The summed E-state index contributed by atoms with van der Waals surface area (Å²) < 4.78 is 21.0. The number of pyridine rings is 1. The number of esters is 1. The van der Waals surface area contributed by atoms with Gasteiger partial charge in [0.25, 0.3) is 0 Å². The molecule has 0 spiro atoms. The van der Waals surface area contributed by atoms with Gasteiger partial charge in [-0.1, -0.05) is 26.8 Å². The summed E-state index contributed by atoms with van der Waals surface area (Å²) in [5, 5.41) is 8.08. The summed E-state index contributed by atoms with van der Waals surface area (Å²) in [6, 6.07) is 10.1. The van der Waals surface area contributed by atoms with E-state index >= 15 is 4.39 Å². The highest BCUT2D eigenvalue weighted by Gasteiger charge is 2.44. The zero-order valence-electron chi connectivity index (χ0n) is 24.9. The second kappa shape index (κ2) is 14.0. The molecule has 4 rings (SSSR count). The van der Waals surface area contributed by atoms with Gasteiger partial charge in [0.2, 0.25) is 5.91 Å². The maximum absolute atomic E-state index is 15.3. The van der Waals surface area contributed by atoms with Crippen molar-refractivity contribution in [3.05, 3.63) is 82.8 Å². The molecule has 1 heterocycles. The Hall–Kier alpha value is -4.97. The number of ketones is 1. The first kappa shape index (κ1) is 32.0. The first-order valence-electron chi connectivity index (χ1n) is 14.2. The van der Waals surface area contributed by atoms with Crippen molar-refractivity contribution in [2.24, 2.45) is 16.6 Å². The minimum Gasteiger partial charge on any atom is -0.422 e. The third-order valence-corrected chi connectivity index (χ3v) is 7.13. The minimum atomic E-state index is -0.850. The average molecular weight is 603 g/mol. The van der Waals surface area contributed by atoms with Crippen LogP contribution < -0.4 is 26.4 Å². The van der Waals surface area contributed by atoms with Gasteiger partial charge in [-0.15, -0.1) is 0 Å². The monoisotopic (exact) mass is 602 g/mol. The highest BCUT2D eigenvalue weighted by molar-refractivity contribution is 6.01. The van der Waals surface area contributed by atoms with Gasteiger partial charge in [-0.3, -0.25) is 19.9 Å². The molecule has 1 aromatic heterocycles. The number of nitrogens with two attached hydrogens (primary N) is 1. The Morgan fingerprint density at radius 2 is 1.91 bits per heavy atom. The van der Waals surface area contributed by atoms with Crippen LogP contribution in [-0.4, -0.2) is 54.0 Å². The van der Waals surface area contributed by atoms with E-state index in [0.717, 1.165) is 11.6 Å². The third kappa shape index (κ3) is 7.70. The highest BCUT2D eigenvalue weighted by atomic mass is 19.1. The van der Waals surface area contributed by atoms with E-state index in [1.165, 1.54) is 18.2 Å². The standard InChI is InChI=1S/C32H35FN6O5/c1-5-25(40)21-10-11-23(33)27(22-14-24(22)38-32(43)39-26-12-9-18(15-35-4)16-36-26)29(21)44-31(42)19-7-6-8-20(13-19)37-30(41)28(34)17(2)3/h6-13,15-17,22,24,28H,5,14,34H2,1-4H3,(H,37,41)(H2,36,38,39,43)/t22-,24?,28?/m1/s1. The lowest BCUT2D eigenvalue weighted by Gasteiger charge is -2.17. The number of hydrogen-bond donors (Lipinski definition) is 4. The molecule has 3 atom stereocenters. The van der Waals surface area contributed by atoms with Crippen molar-refractivity contribution in [1.29, 1.82) is 0 Å². The zero-order chi connectivity index (χ0) is 32.0. The Morgan fingerprint density at radius 1 is 1.14 bits per heavy atom. The van der Waals surface area contributed by atoms with Gasteiger partial charge in [0, 0.05) is 54.7 Å². The maximum Gasteiger partial charge on any atom is 0.343 e. The number of urea groups is 1. The fourth-order valence-corrected chi connectivity index (χ4v) is 4.54. The van der Waals surface area contributed by atoms with Crippen molar-refractivity contribution >= 4 is 41.4 Å². The summed E-state index contributed by atoms with van der Waals surface area (Å²) in [6.45, 7) is 5.28. The number of hydrogen-bond acceptors (Lipinski definition) is 8. The lowest BCUT2D eigenvalue weighted by atomic mass is 9.99. The number of nitrogens with zero attached hydrogens (tertiary/aromatic N) is 2. The Morgan fingerprint density at radius 3 is 2.57 bits per heavy atom. The number of benzene rings is 2. The van der Waals surface area contributed by atoms with Crippen LogP contribution >= 0.6 is 0 Å². The fourth-order valence-electron chi connectivity index (χ4n) is 4.54. The predicted octanol–water partition coefficient (Wildman–Crippen LogP) is 4.68. The highest BCUT2D eigenvalue weighted by Crippen LogP contribution is 2.47. The van der Waals surface area contributed by atoms with Crippen LogP contribution in [0.25, 0.3) is 0 Å². The molecule has 0 bridgehead atoms. The molecule has 12 heteroatoms. The molecular weight excluding hydrogens is 567 g/mol. The molecule has 3 amide bonds.